The number of Topliss-reactive ketones (excluding diaryl/α,β-unsaturated/α-hetero) is 1. The molecule has 1 unspecified atom stereocenters. The van der Waals surface area contributed by atoms with Gasteiger partial charge in [0.25, 0.3) is 0 Å². The lowest BCUT2D eigenvalue weighted by molar-refractivity contribution is -0.147. The molecule has 2 amide bonds. The molecule has 0 aromatic carbocycles. The fourth-order valence-corrected chi connectivity index (χ4v) is 1.58. The number of hydrogen-bond donors (Lipinski definition) is 1. The zero-order valence-electron chi connectivity index (χ0n) is 9.24. The van der Waals surface area contributed by atoms with Gasteiger partial charge in [0, 0.05) is 0 Å². The number of hydrogen-bond acceptors (Lipinski definition) is 3. The third kappa shape index (κ3) is 2.78. The van der Waals surface area contributed by atoms with Gasteiger partial charge in [0.1, 0.15) is 18.4 Å². The molecule has 84 valence electrons. The molecule has 1 aliphatic rings. The van der Waals surface area contributed by atoms with Gasteiger partial charge in [-0.3, -0.25) is 14.4 Å². The number of piperazine rings is 1. The molecule has 15 heavy (non-hydrogen) atoms. The second-order valence-corrected chi connectivity index (χ2v) is 4.19. The maximum absolute atomic E-state index is 11.8. The summed E-state index contributed by atoms with van der Waals surface area (Å²) in [6, 6.07) is -0.495. The van der Waals surface area contributed by atoms with E-state index in [2.05, 4.69) is 5.32 Å². The van der Waals surface area contributed by atoms with Crippen LogP contribution in [0.1, 0.15) is 20.8 Å². The van der Waals surface area contributed by atoms with E-state index in [1.165, 1.54) is 11.8 Å². The van der Waals surface area contributed by atoms with Crippen LogP contribution in [0.15, 0.2) is 0 Å². The molecule has 0 aliphatic carbocycles. The summed E-state index contributed by atoms with van der Waals surface area (Å²) in [4.78, 5) is 35.3. The monoisotopic (exact) mass is 212 g/mol. The Morgan fingerprint density at radius 1 is 1.53 bits per heavy atom. The molecular formula is C10H16N2O3. The van der Waals surface area contributed by atoms with E-state index in [-0.39, 0.29) is 36.6 Å². The molecule has 1 fully saturated rings. The van der Waals surface area contributed by atoms with E-state index in [9.17, 15) is 14.4 Å². The quantitative estimate of drug-likeness (QED) is 0.689. The molecule has 0 aromatic heterocycles. The smallest absolute Gasteiger partial charge is 0.246 e. The second-order valence-electron chi connectivity index (χ2n) is 4.19. The average Bonchev–Trinajstić information content (AvgIpc) is 2.09. The number of nitrogens with zero attached hydrogens (tertiary/aromatic N) is 1. The first-order valence-corrected chi connectivity index (χ1v) is 4.99. The van der Waals surface area contributed by atoms with Crippen molar-refractivity contribution in [2.24, 2.45) is 5.92 Å². The van der Waals surface area contributed by atoms with Crippen LogP contribution in [0.25, 0.3) is 0 Å². The Kier molecular flexibility index (Phi) is 3.44. The number of nitrogens with one attached hydrogen (secondary N) is 1. The molecule has 0 bridgehead atoms. The summed E-state index contributed by atoms with van der Waals surface area (Å²) in [7, 11) is 0. The number of carbonyl (C=O) groups is 3. The van der Waals surface area contributed by atoms with Gasteiger partial charge in [0.15, 0.2) is 0 Å². The van der Waals surface area contributed by atoms with Gasteiger partial charge >= 0.3 is 0 Å². The topological polar surface area (TPSA) is 66.5 Å². The minimum absolute atomic E-state index is 0.0123. The molecule has 0 radical (unpaired) electrons. The molecular weight excluding hydrogens is 196 g/mol. The number of carbonyl (C=O) groups excluding carboxylic acids is 3. The van der Waals surface area contributed by atoms with E-state index in [1.54, 1.807) is 0 Å². The molecule has 1 aliphatic heterocycles. The van der Waals surface area contributed by atoms with Crippen molar-refractivity contribution in [1.29, 1.82) is 0 Å². The highest BCUT2D eigenvalue weighted by Gasteiger charge is 2.34. The third-order valence-corrected chi connectivity index (χ3v) is 2.31. The van der Waals surface area contributed by atoms with Gasteiger partial charge in [-0.1, -0.05) is 13.8 Å². The van der Waals surface area contributed by atoms with Gasteiger partial charge in [0.05, 0.1) is 6.54 Å². The van der Waals surface area contributed by atoms with Crippen molar-refractivity contribution < 1.29 is 14.4 Å². The van der Waals surface area contributed by atoms with Crippen LogP contribution in [-0.2, 0) is 14.4 Å². The van der Waals surface area contributed by atoms with Crippen LogP contribution < -0.4 is 5.32 Å². The Morgan fingerprint density at radius 2 is 2.13 bits per heavy atom. The molecule has 5 nitrogen and oxygen atoms in total. The van der Waals surface area contributed by atoms with Gasteiger partial charge in [-0.05, 0) is 12.8 Å². The zero-order valence-corrected chi connectivity index (χ0v) is 9.24. The summed E-state index contributed by atoms with van der Waals surface area (Å²) < 4.78 is 0. The molecule has 1 N–H and O–H groups in total. The van der Waals surface area contributed by atoms with Crippen molar-refractivity contribution in [3.63, 3.8) is 0 Å². The van der Waals surface area contributed by atoms with Crippen molar-refractivity contribution in [1.82, 2.24) is 10.2 Å². The molecule has 1 saturated heterocycles. The van der Waals surface area contributed by atoms with Gasteiger partial charge in [0.2, 0.25) is 11.8 Å². The van der Waals surface area contributed by atoms with Crippen LogP contribution >= 0.6 is 0 Å². The lowest BCUT2D eigenvalue weighted by Crippen LogP contribution is -2.60. The number of ketones is 1. The Labute approximate surface area is 88.8 Å². The van der Waals surface area contributed by atoms with Gasteiger partial charge in [-0.2, -0.15) is 0 Å². The molecule has 1 atom stereocenters. The fraction of sp³-hybridized carbons (Fsp3) is 0.700. The maximum atomic E-state index is 11.8. The zero-order chi connectivity index (χ0) is 11.6. The van der Waals surface area contributed by atoms with Crippen LogP contribution in [0, 0.1) is 5.92 Å². The molecule has 1 rings (SSSR count). The minimum Gasteiger partial charge on any atom is -0.343 e. The highest BCUT2D eigenvalue weighted by atomic mass is 16.2. The van der Waals surface area contributed by atoms with Crippen LogP contribution in [-0.4, -0.2) is 41.6 Å². The van der Waals surface area contributed by atoms with Crippen molar-refractivity contribution >= 4 is 17.6 Å². The summed E-state index contributed by atoms with van der Waals surface area (Å²) in [6.07, 6.45) is 0. The predicted octanol–water partition coefficient (Wildman–Crippen LogP) is -0.442. The maximum Gasteiger partial charge on any atom is 0.246 e. The first kappa shape index (κ1) is 11.7. The first-order chi connectivity index (χ1) is 6.91. The Hall–Kier alpha value is -1.39. The summed E-state index contributed by atoms with van der Waals surface area (Å²) in [5.74, 6) is -0.439. The van der Waals surface area contributed by atoms with Gasteiger partial charge in [-0.25, -0.2) is 0 Å². The number of amides is 2. The van der Waals surface area contributed by atoms with Crippen molar-refractivity contribution in [3.05, 3.63) is 0 Å². The van der Waals surface area contributed by atoms with E-state index in [1.807, 2.05) is 13.8 Å². The first-order valence-electron chi connectivity index (χ1n) is 4.99. The van der Waals surface area contributed by atoms with Crippen molar-refractivity contribution in [2.45, 2.75) is 26.8 Å². The Bertz CT molecular complexity index is 297. The van der Waals surface area contributed by atoms with Crippen molar-refractivity contribution in [3.8, 4) is 0 Å². The largest absolute Gasteiger partial charge is 0.343 e. The van der Waals surface area contributed by atoms with Crippen LogP contribution in [0.4, 0.5) is 0 Å². The average molecular weight is 212 g/mol. The summed E-state index contributed by atoms with van der Waals surface area (Å²) in [6.45, 7) is 5.14. The van der Waals surface area contributed by atoms with E-state index >= 15 is 0 Å². The molecule has 0 spiro atoms. The van der Waals surface area contributed by atoms with E-state index in [0.29, 0.717) is 0 Å². The van der Waals surface area contributed by atoms with E-state index in [0.717, 1.165) is 0 Å². The minimum atomic E-state index is -0.495. The SMILES string of the molecule is CC(=O)CN1CC(=O)NC(C(C)C)C1=O. The van der Waals surface area contributed by atoms with E-state index in [4.69, 9.17) is 0 Å². The highest BCUT2D eigenvalue weighted by Crippen LogP contribution is 2.10. The Morgan fingerprint density at radius 3 is 2.60 bits per heavy atom. The lowest BCUT2D eigenvalue weighted by atomic mass is 10.0. The number of rotatable bonds is 3. The van der Waals surface area contributed by atoms with Crippen LogP contribution in [0.3, 0.4) is 0 Å². The Balaban J connectivity index is 2.76. The van der Waals surface area contributed by atoms with E-state index < -0.39 is 6.04 Å². The van der Waals surface area contributed by atoms with Crippen LogP contribution in [0.5, 0.6) is 0 Å². The van der Waals surface area contributed by atoms with Gasteiger partial charge in [-0.15, -0.1) is 0 Å². The summed E-state index contributed by atoms with van der Waals surface area (Å²) in [5.41, 5.74) is 0. The third-order valence-electron chi connectivity index (χ3n) is 2.31. The molecule has 5 heteroatoms. The highest BCUT2D eigenvalue weighted by molar-refractivity contribution is 5.97. The molecule has 0 aromatic rings. The van der Waals surface area contributed by atoms with Crippen molar-refractivity contribution in [2.75, 3.05) is 13.1 Å². The van der Waals surface area contributed by atoms with Gasteiger partial charge < -0.3 is 10.2 Å². The predicted molar refractivity (Wildman–Crippen MR) is 54.0 cm³/mol. The summed E-state index contributed by atoms with van der Waals surface area (Å²) >= 11 is 0. The van der Waals surface area contributed by atoms with Crippen LogP contribution in [0.2, 0.25) is 0 Å². The summed E-state index contributed by atoms with van der Waals surface area (Å²) in [5, 5.41) is 2.63. The fourth-order valence-electron chi connectivity index (χ4n) is 1.58. The molecule has 1 heterocycles. The standard InChI is InChI=1S/C10H16N2O3/c1-6(2)9-10(15)12(4-7(3)13)5-8(14)11-9/h6,9H,4-5H2,1-3H3,(H,11,14). The normalized spacial score (nSPS) is 21.9. The molecule has 0 saturated carbocycles. The lowest BCUT2D eigenvalue weighted by Gasteiger charge is -2.33. The second kappa shape index (κ2) is 4.42.